The van der Waals surface area contributed by atoms with Crippen LogP contribution in [0.3, 0.4) is 0 Å². The van der Waals surface area contributed by atoms with Crippen LogP contribution in [0.1, 0.15) is 27.2 Å². The van der Waals surface area contributed by atoms with Gasteiger partial charge in [0.1, 0.15) is 0 Å². The van der Waals surface area contributed by atoms with E-state index in [-0.39, 0.29) is 26.3 Å². The Balaban J connectivity index is -0.0000000450. The normalized spacial score (nSPS) is 5.00. The van der Waals surface area contributed by atoms with Crippen LogP contribution in [0, 0.1) is 6.92 Å². The first kappa shape index (κ1) is 16.0. The van der Waals surface area contributed by atoms with E-state index in [2.05, 4.69) is 13.8 Å². The van der Waals surface area contributed by atoms with Crippen molar-refractivity contribution < 1.29 is 18.9 Å². The van der Waals surface area contributed by atoms with Crippen molar-refractivity contribution in [3.63, 3.8) is 0 Å². The molecule has 0 radical (unpaired) electrons. The van der Waals surface area contributed by atoms with Crippen molar-refractivity contribution in [1.82, 2.24) is 0 Å². The van der Waals surface area contributed by atoms with Crippen LogP contribution in [0.4, 0.5) is 0 Å². The van der Waals surface area contributed by atoms with Crippen LogP contribution in [0.2, 0.25) is 0 Å². The Kier molecular flexibility index (Phi) is 46.7. The van der Waals surface area contributed by atoms with Gasteiger partial charge < -0.3 is 6.92 Å². The molecule has 0 nitrogen and oxygen atoms in total. The van der Waals surface area contributed by atoms with Crippen LogP contribution in [-0.2, 0) is 0 Å². The molecule has 0 aromatic heterocycles. The molecule has 0 bridgehead atoms. The van der Waals surface area contributed by atoms with E-state index < -0.39 is 0 Å². The van der Waals surface area contributed by atoms with E-state index in [0.717, 1.165) is 6.42 Å². The zero-order valence-electron chi connectivity index (χ0n) is 4.12. The van der Waals surface area contributed by atoms with Gasteiger partial charge >= 0.3 is 18.9 Å². The quantitative estimate of drug-likeness (QED) is 0.287. The molecule has 0 rings (SSSR count). The summed E-state index contributed by atoms with van der Waals surface area (Å²) in [7, 11) is 0. The maximum atomic E-state index is 3.60. The minimum atomic E-state index is 0. The van der Waals surface area contributed by atoms with Crippen LogP contribution in [0.15, 0.2) is 0 Å². The molecule has 0 saturated carbocycles. The van der Waals surface area contributed by atoms with Crippen molar-refractivity contribution in [2.75, 3.05) is 0 Å². The summed E-state index contributed by atoms with van der Waals surface area (Å²) in [5.41, 5.74) is 0. The summed E-state index contributed by atoms with van der Waals surface area (Å²) in [6, 6.07) is 0. The van der Waals surface area contributed by atoms with Crippen molar-refractivity contribution in [3.8, 4) is 0 Å². The van der Waals surface area contributed by atoms with Crippen LogP contribution in [0.25, 0.3) is 0 Å². The van der Waals surface area contributed by atoms with Crippen molar-refractivity contribution >= 4 is 0 Å². The molecule has 34 valence electrons. The Morgan fingerprint density at radius 2 is 1.67 bits per heavy atom. The van der Waals surface area contributed by atoms with E-state index in [1.54, 1.807) is 0 Å². The van der Waals surface area contributed by atoms with E-state index in [1.165, 1.54) is 6.42 Å². The summed E-state index contributed by atoms with van der Waals surface area (Å²) < 4.78 is 0. The van der Waals surface area contributed by atoms with Gasteiger partial charge in [-0.2, -0.15) is 6.42 Å². The molecule has 0 atom stereocenters. The summed E-state index contributed by atoms with van der Waals surface area (Å²) in [5.74, 6) is 0. The maximum absolute atomic E-state index is 3.60. The Hall–Kier alpha value is 0.597. The maximum Gasteiger partial charge on any atom is 1.00 e. The second-order valence-electron chi connectivity index (χ2n) is 0.854. The largest absolute Gasteiger partial charge is 1.00 e. The summed E-state index contributed by atoms with van der Waals surface area (Å²) in [4.78, 5) is 0. The van der Waals surface area contributed by atoms with E-state index in [0.29, 0.717) is 0 Å². The van der Waals surface area contributed by atoms with Gasteiger partial charge in [-0.1, -0.05) is 20.8 Å². The fourth-order valence-corrected chi connectivity index (χ4v) is 0. The second-order valence-corrected chi connectivity index (χ2v) is 0.854. The Bertz CT molecular complexity index is 5.90. The number of hydrogen-bond donors (Lipinski definition) is 0. The topological polar surface area (TPSA) is 0 Å². The third-order valence-electron chi connectivity index (χ3n) is 0.354. The molecule has 0 spiro atoms. The van der Waals surface area contributed by atoms with Crippen molar-refractivity contribution in [2.24, 2.45) is 0 Å². The van der Waals surface area contributed by atoms with E-state index in [4.69, 9.17) is 0 Å². The third-order valence-corrected chi connectivity index (χ3v) is 0.354. The molecule has 6 heavy (non-hydrogen) atoms. The first-order chi connectivity index (χ1) is 1.91. The molecule has 0 amide bonds. The van der Waals surface area contributed by atoms with Crippen molar-refractivity contribution in [3.05, 3.63) is 6.92 Å². The third kappa shape index (κ3) is 23.3. The molecule has 0 N–H and O–H groups in total. The average Bonchev–Trinajstić information content (AvgIpc) is 1.37. The molecule has 0 aliphatic carbocycles. The van der Waals surface area contributed by atoms with Crippen LogP contribution >= 0.6 is 0 Å². The van der Waals surface area contributed by atoms with Gasteiger partial charge in [0.2, 0.25) is 0 Å². The van der Waals surface area contributed by atoms with Gasteiger partial charge in [-0.05, 0) is 0 Å². The Morgan fingerprint density at radius 3 is 1.67 bits per heavy atom. The average molecular weight is 80.1 g/mol. The standard InChI is InChI=1S/C4H9.CH4.Li/c1-3-4-2;;/h1,3-4H2,2H3;1H4;/q-1;;+1. The summed E-state index contributed by atoms with van der Waals surface area (Å²) in [6.45, 7) is 5.72. The van der Waals surface area contributed by atoms with Crippen molar-refractivity contribution in [2.45, 2.75) is 27.2 Å². The summed E-state index contributed by atoms with van der Waals surface area (Å²) in [5, 5.41) is 0. The molecule has 0 fully saturated rings. The molecule has 0 aromatic carbocycles. The molecular formula is C5H13Li. The molecular weight excluding hydrogens is 67.0 g/mol. The predicted octanol–water partition coefficient (Wildman–Crippen LogP) is -0.739. The molecule has 0 aliphatic heterocycles. The van der Waals surface area contributed by atoms with Gasteiger partial charge in [0.15, 0.2) is 0 Å². The SMILES string of the molecule is C.[CH2-]CCC.[Li+]. The summed E-state index contributed by atoms with van der Waals surface area (Å²) in [6.07, 6.45) is 2.28. The number of rotatable bonds is 1. The van der Waals surface area contributed by atoms with Gasteiger partial charge in [-0.15, -0.1) is 0 Å². The molecule has 0 saturated heterocycles. The van der Waals surface area contributed by atoms with Crippen molar-refractivity contribution in [1.29, 1.82) is 0 Å². The van der Waals surface area contributed by atoms with Gasteiger partial charge in [0.25, 0.3) is 0 Å². The zero-order chi connectivity index (χ0) is 3.41. The molecule has 0 aliphatic rings. The van der Waals surface area contributed by atoms with Gasteiger partial charge in [-0.25, -0.2) is 0 Å². The Labute approximate surface area is 53.5 Å². The minimum Gasteiger partial charge on any atom is -0.343 e. The smallest absolute Gasteiger partial charge is 0.343 e. The van der Waals surface area contributed by atoms with Crippen LogP contribution in [-0.4, -0.2) is 0 Å². The fraction of sp³-hybridized carbons (Fsp3) is 0.800. The van der Waals surface area contributed by atoms with Crippen LogP contribution < -0.4 is 18.9 Å². The molecule has 1 heteroatoms. The molecule has 0 unspecified atom stereocenters. The Morgan fingerprint density at radius 1 is 1.50 bits per heavy atom. The minimum absolute atomic E-state index is 0. The van der Waals surface area contributed by atoms with E-state index in [9.17, 15) is 0 Å². The predicted molar refractivity (Wildman–Crippen MR) is 27.0 cm³/mol. The number of hydrogen-bond acceptors (Lipinski definition) is 0. The monoisotopic (exact) mass is 80.1 g/mol. The van der Waals surface area contributed by atoms with Crippen LogP contribution in [0.5, 0.6) is 0 Å². The fourth-order valence-electron chi connectivity index (χ4n) is 0. The second kappa shape index (κ2) is 17.5. The zero-order valence-corrected chi connectivity index (χ0v) is 4.12. The van der Waals surface area contributed by atoms with Gasteiger partial charge in [-0.3, -0.25) is 0 Å². The van der Waals surface area contributed by atoms with E-state index in [1.807, 2.05) is 0 Å². The van der Waals surface area contributed by atoms with Gasteiger partial charge in [0.05, 0.1) is 0 Å². The summed E-state index contributed by atoms with van der Waals surface area (Å²) >= 11 is 0. The van der Waals surface area contributed by atoms with E-state index >= 15 is 0 Å². The molecule has 0 aromatic rings. The molecule has 0 heterocycles. The number of unbranched alkanes of at least 4 members (excludes halogenated alkanes) is 1. The first-order valence-electron chi connectivity index (χ1n) is 1.71. The first-order valence-corrected chi connectivity index (χ1v) is 1.71. The van der Waals surface area contributed by atoms with Gasteiger partial charge in [0, 0.05) is 0 Å².